The van der Waals surface area contributed by atoms with Gasteiger partial charge in [-0.3, -0.25) is 19.4 Å². The monoisotopic (exact) mass is 561 g/mol. The zero-order valence-corrected chi connectivity index (χ0v) is 22.8. The summed E-state index contributed by atoms with van der Waals surface area (Å²) in [7, 11) is 1.43. The summed E-state index contributed by atoms with van der Waals surface area (Å²) < 4.78 is 31.3. The Labute approximate surface area is 235 Å². The van der Waals surface area contributed by atoms with Crippen LogP contribution in [0.2, 0.25) is 0 Å². The molecule has 3 amide bonds. The van der Waals surface area contributed by atoms with Gasteiger partial charge < -0.3 is 19.9 Å². The van der Waals surface area contributed by atoms with Crippen LogP contribution in [0.3, 0.4) is 0 Å². The number of benzene rings is 2. The first-order valence-corrected chi connectivity index (χ1v) is 13.3. The van der Waals surface area contributed by atoms with Crippen molar-refractivity contribution in [1.82, 2.24) is 14.8 Å². The second-order valence-electron chi connectivity index (χ2n) is 10.9. The second kappa shape index (κ2) is 10.8. The summed E-state index contributed by atoms with van der Waals surface area (Å²) >= 11 is 0. The number of para-hydroxylation sites is 1. The van der Waals surface area contributed by atoms with Crippen molar-refractivity contribution in [2.75, 3.05) is 18.9 Å². The molecule has 0 radical (unpaired) electrons. The van der Waals surface area contributed by atoms with Crippen molar-refractivity contribution in [3.63, 3.8) is 0 Å². The molecule has 1 spiro atoms. The van der Waals surface area contributed by atoms with Crippen LogP contribution >= 0.6 is 0 Å². The number of likely N-dealkylation sites (N-methyl/N-ethyl adjacent to an activating group) is 1. The Kier molecular flexibility index (Phi) is 7.34. The van der Waals surface area contributed by atoms with Crippen molar-refractivity contribution < 1.29 is 27.9 Å². The van der Waals surface area contributed by atoms with Gasteiger partial charge in [-0.25, -0.2) is 0 Å². The molecule has 212 valence electrons. The molecule has 11 heteroatoms. The fraction of sp³-hybridized carbons (Fsp3) is 0.367. The average molecular weight is 562 g/mol. The van der Waals surface area contributed by atoms with E-state index in [9.17, 15) is 28.4 Å². The number of rotatable bonds is 7. The summed E-state index contributed by atoms with van der Waals surface area (Å²) in [6.07, 6.45) is 1.86. The van der Waals surface area contributed by atoms with Crippen LogP contribution in [-0.4, -0.2) is 64.8 Å². The molecule has 9 nitrogen and oxygen atoms in total. The molecule has 5 rings (SSSR count). The Morgan fingerprint density at radius 3 is 2.71 bits per heavy atom. The summed E-state index contributed by atoms with van der Waals surface area (Å²) in [5.41, 5.74) is 0.511. The highest BCUT2D eigenvalue weighted by Gasteiger charge is 2.56. The standard InChI is InChI=1S/C30H29F2N5O4/c1-17(2)11-24(36(3)26(38)20-12-18-7-6-10-34-23(18)13-25(20)41-29(31)32)27(39)37-16-30(14-19(37)15-33)21-8-4-5-9-22(21)35-28(30)40/h4-10,12-13,17,19,24,29H,11,14,16H2,1-3H3,(H,35,40)/t19-,24-,30-/m0/s1. The molecular formula is C30H29F2N5O4. The zero-order chi connectivity index (χ0) is 29.5. The lowest BCUT2D eigenvalue weighted by atomic mass is 9.80. The quantitative estimate of drug-likeness (QED) is 0.459. The van der Waals surface area contributed by atoms with E-state index in [4.69, 9.17) is 0 Å². The van der Waals surface area contributed by atoms with Gasteiger partial charge in [0.1, 0.15) is 17.8 Å². The van der Waals surface area contributed by atoms with Crippen LogP contribution in [0, 0.1) is 17.2 Å². The largest absolute Gasteiger partial charge is 0.434 e. The van der Waals surface area contributed by atoms with Crippen molar-refractivity contribution in [2.45, 2.75) is 50.8 Å². The smallest absolute Gasteiger partial charge is 0.387 e. The molecule has 0 saturated carbocycles. The van der Waals surface area contributed by atoms with E-state index in [0.29, 0.717) is 16.6 Å². The number of hydrogen-bond acceptors (Lipinski definition) is 6. The minimum atomic E-state index is -3.18. The van der Waals surface area contributed by atoms with Crippen LogP contribution < -0.4 is 10.1 Å². The summed E-state index contributed by atoms with van der Waals surface area (Å²) in [5, 5.41) is 13.4. The average Bonchev–Trinajstić information content (AvgIpc) is 3.47. The number of ether oxygens (including phenoxy) is 1. The third kappa shape index (κ3) is 4.94. The number of nitrogens with one attached hydrogen (secondary N) is 1. The van der Waals surface area contributed by atoms with Crippen molar-refractivity contribution >= 4 is 34.3 Å². The van der Waals surface area contributed by atoms with Crippen LogP contribution in [0.15, 0.2) is 54.7 Å². The minimum Gasteiger partial charge on any atom is -0.434 e. The molecule has 0 bridgehead atoms. The number of pyridine rings is 1. The molecule has 3 aromatic rings. The molecule has 2 aromatic carbocycles. The Morgan fingerprint density at radius 2 is 2.00 bits per heavy atom. The van der Waals surface area contributed by atoms with E-state index in [0.717, 1.165) is 5.56 Å². The number of halogens is 2. The number of nitrogens with zero attached hydrogens (tertiary/aromatic N) is 4. The number of likely N-dealkylation sites (tertiary alicyclic amines) is 1. The van der Waals surface area contributed by atoms with Crippen LogP contribution in [0.5, 0.6) is 5.75 Å². The summed E-state index contributed by atoms with van der Waals surface area (Å²) in [6, 6.07) is 13.5. The Balaban J connectivity index is 1.50. The van der Waals surface area contributed by atoms with Crippen molar-refractivity contribution in [3.05, 3.63) is 65.9 Å². The molecule has 0 unspecified atom stereocenters. The van der Waals surface area contributed by atoms with E-state index in [1.807, 2.05) is 19.9 Å². The zero-order valence-electron chi connectivity index (χ0n) is 22.8. The molecule has 2 aliphatic heterocycles. The van der Waals surface area contributed by atoms with E-state index in [1.165, 1.54) is 35.2 Å². The van der Waals surface area contributed by atoms with Crippen LogP contribution in [0.25, 0.3) is 10.9 Å². The lowest BCUT2D eigenvalue weighted by Crippen LogP contribution is -2.52. The fourth-order valence-corrected chi connectivity index (χ4v) is 5.84. The summed E-state index contributed by atoms with van der Waals surface area (Å²) in [4.78, 5) is 47.9. The third-order valence-electron chi connectivity index (χ3n) is 7.83. The predicted molar refractivity (Wildman–Crippen MR) is 146 cm³/mol. The molecule has 3 heterocycles. The van der Waals surface area contributed by atoms with Gasteiger partial charge in [0.15, 0.2) is 0 Å². The molecule has 41 heavy (non-hydrogen) atoms. The van der Waals surface area contributed by atoms with Gasteiger partial charge in [0.05, 0.1) is 22.6 Å². The van der Waals surface area contributed by atoms with Gasteiger partial charge in [0, 0.05) is 43.4 Å². The maximum Gasteiger partial charge on any atom is 0.387 e. The minimum absolute atomic E-state index is 0.0229. The number of anilines is 1. The van der Waals surface area contributed by atoms with Crippen molar-refractivity contribution in [2.24, 2.45) is 5.92 Å². The Hall–Kier alpha value is -4.59. The second-order valence-corrected chi connectivity index (χ2v) is 10.9. The summed E-state index contributed by atoms with van der Waals surface area (Å²) in [6.45, 7) is 0.572. The first-order chi connectivity index (χ1) is 19.6. The number of nitriles is 1. The first-order valence-electron chi connectivity index (χ1n) is 13.3. The van der Waals surface area contributed by atoms with Gasteiger partial charge in [0.2, 0.25) is 11.8 Å². The number of alkyl halides is 2. The predicted octanol–water partition coefficient (Wildman–Crippen LogP) is 4.34. The van der Waals surface area contributed by atoms with Gasteiger partial charge in [-0.1, -0.05) is 38.1 Å². The van der Waals surface area contributed by atoms with E-state index in [2.05, 4.69) is 21.1 Å². The van der Waals surface area contributed by atoms with E-state index < -0.39 is 35.9 Å². The lowest BCUT2D eigenvalue weighted by Gasteiger charge is -2.33. The third-order valence-corrected chi connectivity index (χ3v) is 7.83. The molecular weight excluding hydrogens is 532 g/mol. The van der Waals surface area contributed by atoms with Gasteiger partial charge in [-0.05, 0) is 36.1 Å². The van der Waals surface area contributed by atoms with E-state index in [-0.39, 0.29) is 42.5 Å². The molecule has 1 saturated heterocycles. The maximum absolute atomic E-state index is 14.1. The molecule has 1 N–H and O–H groups in total. The lowest BCUT2D eigenvalue weighted by molar-refractivity contribution is -0.136. The fourth-order valence-electron chi connectivity index (χ4n) is 5.84. The molecule has 1 aromatic heterocycles. The number of carbonyl (C=O) groups is 3. The number of amides is 3. The van der Waals surface area contributed by atoms with E-state index >= 15 is 0 Å². The first kappa shape index (κ1) is 28.0. The van der Waals surface area contributed by atoms with Crippen molar-refractivity contribution in [1.29, 1.82) is 5.26 Å². The molecule has 1 fully saturated rings. The van der Waals surface area contributed by atoms with E-state index in [1.54, 1.807) is 30.3 Å². The Morgan fingerprint density at radius 1 is 1.24 bits per heavy atom. The van der Waals surface area contributed by atoms with Gasteiger partial charge >= 0.3 is 6.61 Å². The SMILES string of the molecule is CC(C)C[C@@H](C(=O)N1C[C@]2(C[C@H]1C#N)C(=O)Nc1ccccc12)N(C)C(=O)c1cc2cccnc2cc1OC(F)F. The number of aromatic nitrogens is 1. The highest BCUT2D eigenvalue weighted by molar-refractivity contribution is 6.08. The molecule has 2 aliphatic rings. The topological polar surface area (TPSA) is 116 Å². The van der Waals surface area contributed by atoms with Gasteiger partial charge in [0.25, 0.3) is 5.91 Å². The number of carbonyl (C=O) groups excluding carboxylic acids is 3. The molecule has 0 aliphatic carbocycles. The number of hydrogen-bond donors (Lipinski definition) is 1. The highest BCUT2D eigenvalue weighted by atomic mass is 19.3. The van der Waals surface area contributed by atoms with Crippen LogP contribution in [0.4, 0.5) is 14.5 Å². The van der Waals surface area contributed by atoms with Gasteiger partial charge in [-0.15, -0.1) is 0 Å². The normalized spacial score (nSPS) is 20.3. The van der Waals surface area contributed by atoms with Crippen LogP contribution in [0.1, 0.15) is 42.6 Å². The summed E-state index contributed by atoms with van der Waals surface area (Å²) in [5.74, 6) is -1.86. The highest BCUT2D eigenvalue weighted by Crippen LogP contribution is 2.46. The number of fused-ring (bicyclic) bond motifs is 3. The van der Waals surface area contributed by atoms with Crippen molar-refractivity contribution in [3.8, 4) is 11.8 Å². The van der Waals surface area contributed by atoms with Gasteiger partial charge in [-0.2, -0.15) is 14.0 Å². The maximum atomic E-state index is 14.1. The molecule has 3 atom stereocenters. The Bertz CT molecular complexity index is 1570. The van der Waals surface area contributed by atoms with Crippen LogP contribution in [-0.2, 0) is 15.0 Å².